The summed E-state index contributed by atoms with van der Waals surface area (Å²) in [7, 11) is 0. The Morgan fingerprint density at radius 3 is 2.40 bits per heavy atom. The summed E-state index contributed by atoms with van der Waals surface area (Å²) in [5.41, 5.74) is 1.61. The highest BCUT2D eigenvalue weighted by Crippen LogP contribution is 2.17. The molecule has 0 aliphatic carbocycles. The van der Waals surface area contributed by atoms with Gasteiger partial charge in [-0.25, -0.2) is 8.78 Å². The van der Waals surface area contributed by atoms with Gasteiger partial charge in [-0.2, -0.15) is 5.10 Å². The molecule has 3 rings (SSSR count). The molecule has 2 aromatic carbocycles. The van der Waals surface area contributed by atoms with E-state index in [4.69, 9.17) is 0 Å². The van der Waals surface area contributed by atoms with Crippen LogP contribution < -0.4 is 10.6 Å². The molecule has 0 saturated carbocycles. The number of H-pyrrole nitrogens is 1. The van der Waals surface area contributed by atoms with E-state index in [1.807, 2.05) is 30.3 Å². The minimum atomic E-state index is -1.83. The average molecular weight is 414 g/mol. The van der Waals surface area contributed by atoms with Crippen molar-refractivity contribution in [2.24, 2.45) is 0 Å². The van der Waals surface area contributed by atoms with E-state index in [1.165, 1.54) is 6.92 Å². The highest BCUT2D eigenvalue weighted by molar-refractivity contribution is 5.97. The van der Waals surface area contributed by atoms with Gasteiger partial charge in [0.2, 0.25) is 5.91 Å². The molecule has 0 fully saturated rings. The van der Waals surface area contributed by atoms with Crippen molar-refractivity contribution in [1.29, 1.82) is 0 Å². The molecule has 156 valence electrons. The number of nitrogens with zero attached hydrogens (tertiary/aromatic N) is 1. The van der Waals surface area contributed by atoms with Crippen molar-refractivity contribution >= 4 is 17.6 Å². The molecular formula is C21H20F2N4O3. The molecule has 0 aliphatic heterocycles. The third kappa shape index (κ3) is 5.48. The highest BCUT2D eigenvalue weighted by atomic mass is 19.1. The van der Waals surface area contributed by atoms with E-state index in [0.29, 0.717) is 12.5 Å². The summed E-state index contributed by atoms with van der Waals surface area (Å²) in [5.74, 6) is -3.10. The smallest absolute Gasteiger partial charge is 0.254 e. The highest BCUT2D eigenvalue weighted by Gasteiger charge is 2.23. The molecule has 0 spiro atoms. The van der Waals surface area contributed by atoms with E-state index in [-0.39, 0.29) is 11.4 Å². The molecule has 2 atom stereocenters. The molecule has 2 amide bonds. The van der Waals surface area contributed by atoms with E-state index < -0.39 is 35.6 Å². The van der Waals surface area contributed by atoms with Gasteiger partial charge in [0.15, 0.2) is 11.9 Å². The fourth-order valence-electron chi connectivity index (χ4n) is 2.81. The minimum Gasteiger partial charge on any atom is -0.378 e. The predicted octanol–water partition coefficient (Wildman–Crippen LogP) is 2.46. The van der Waals surface area contributed by atoms with Gasteiger partial charge in [-0.15, -0.1) is 0 Å². The van der Waals surface area contributed by atoms with Gasteiger partial charge in [0, 0.05) is 24.2 Å². The predicted molar refractivity (Wildman–Crippen MR) is 105 cm³/mol. The van der Waals surface area contributed by atoms with Crippen molar-refractivity contribution in [1.82, 2.24) is 15.5 Å². The zero-order chi connectivity index (χ0) is 21.7. The molecule has 1 aromatic heterocycles. The van der Waals surface area contributed by atoms with Gasteiger partial charge < -0.3 is 15.7 Å². The van der Waals surface area contributed by atoms with Crippen LogP contribution in [0.25, 0.3) is 0 Å². The van der Waals surface area contributed by atoms with Crippen LogP contribution in [0.4, 0.5) is 14.6 Å². The van der Waals surface area contributed by atoms with Crippen LogP contribution >= 0.6 is 0 Å². The normalized spacial score (nSPS) is 12.8. The first-order chi connectivity index (χ1) is 14.3. The number of benzene rings is 2. The number of halogens is 2. The molecular weight excluding hydrogens is 394 g/mol. The molecule has 3 aromatic rings. The Morgan fingerprint density at radius 1 is 1.07 bits per heavy atom. The number of aromatic nitrogens is 2. The van der Waals surface area contributed by atoms with Crippen LogP contribution in [-0.4, -0.2) is 33.2 Å². The van der Waals surface area contributed by atoms with Crippen molar-refractivity contribution in [3.05, 3.63) is 83.1 Å². The first kappa shape index (κ1) is 21.1. The molecule has 7 nitrogen and oxygen atoms in total. The summed E-state index contributed by atoms with van der Waals surface area (Å²) in [4.78, 5) is 24.4. The Balaban J connectivity index is 1.56. The topological polar surface area (TPSA) is 107 Å². The quantitative estimate of drug-likeness (QED) is 0.476. The second kappa shape index (κ2) is 9.27. The van der Waals surface area contributed by atoms with Crippen molar-refractivity contribution in [3.63, 3.8) is 0 Å². The average Bonchev–Trinajstić information content (AvgIpc) is 3.13. The van der Waals surface area contributed by atoms with Crippen molar-refractivity contribution in [3.8, 4) is 0 Å². The Bertz CT molecular complexity index is 1020. The van der Waals surface area contributed by atoms with Crippen LogP contribution in [0.15, 0.2) is 54.6 Å². The summed E-state index contributed by atoms with van der Waals surface area (Å²) in [6, 6.07) is 12.6. The Morgan fingerprint density at radius 2 is 1.73 bits per heavy atom. The number of carbonyl (C=O) groups excluding carboxylic acids is 2. The van der Waals surface area contributed by atoms with Crippen molar-refractivity contribution in [2.45, 2.75) is 25.5 Å². The Labute approximate surface area is 171 Å². The van der Waals surface area contributed by atoms with Gasteiger partial charge in [-0.05, 0) is 30.2 Å². The molecule has 0 saturated heterocycles. The van der Waals surface area contributed by atoms with E-state index in [1.54, 1.807) is 6.07 Å². The minimum absolute atomic E-state index is 0.254. The third-order valence-electron chi connectivity index (χ3n) is 4.32. The molecule has 0 aliphatic rings. The lowest BCUT2D eigenvalue weighted by molar-refractivity contribution is -0.132. The van der Waals surface area contributed by atoms with E-state index in [0.717, 1.165) is 23.4 Å². The lowest BCUT2D eigenvalue weighted by Crippen LogP contribution is -2.43. The molecule has 0 bridgehead atoms. The summed E-state index contributed by atoms with van der Waals surface area (Å²) in [6.45, 7) is 1.41. The van der Waals surface area contributed by atoms with Crippen LogP contribution in [-0.2, 0) is 16.0 Å². The van der Waals surface area contributed by atoms with Crippen LogP contribution in [0.3, 0.4) is 0 Å². The first-order valence-corrected chi connectivity index (χ1v) is 9.15. The Hall–Kier alpha value is -3.59. The van der Waals surface area contributed by atoms with Crippen molar-refractivity contribution < 1.29 is 23.5 Å². The van der Waals surface area contributed by atoms with Crippen LogP contribution in [0, 0.1) is 11.6 Å². The van der Waals surface area contributed by atoms with Crippen LogP contribution in [0.5, 0.6) is 0 Å². The maximum absolute atomic E-state index is 13.3. The number of aliphatic hydroxyl groups excluding tert-OH is 1. The molecule has 0 unspecified atom stereocenters. The number of amides is 2. The van der Waals surface area contributed by atoms with Crippen LogP contribution in [0.2, 0.25) is 0 Å². The second-order valence-electron chi connectivity index (χ2n) is 6.77. The fraction of sp³-hybridized carbons (Fsp3) is 0.190. The summed E-state index contributed by atoms with van der Waals surface area (Å²) >= 11 is 0. The lowest BCUT2D eigenvalue weighted by Gasteiger charge is -2.16. The Kier molecular flexibility index (Phi) is 6.53. The lowest BCUT2D eigenvalue weighted by atomic mass is 10.1. The number of nitrogens with one attached hydrogen (secondary N) is 3. The SMILES string of the molecule is C[C@H](NC(=O)[C@@H](O)c1cc(F)cc(F)c1)C(=O)Nc1cc(Cc2ccccc2)[nH]n1. The molecule has 4 N–H and O–H groups in total. The zero-order valence-electron chi connectivity index (χ0n) is 16.0. The monoisotopic (exact) mass is 414 g/mol. The molecule has 9 heteroatoms. The number of aromatic amines is 1. The summed E-state index contributed by atoms with van der Waals surface area (Å²) < 4.78 is 26.5. The maximum atomic E-state index is 13.3. The number of anilines is 1. The second-order valence-corrected chi connectivity index (χ2v) is 6.77. The molecule has 0 radical (unpaired) electrons. The third-order valence-corrected chi connectivity index (χ3v) is 4.32. The van der Waals surface area contributed by atoms with Gasteiger partial charge in [-0.1, -0.05) is 30.3 Å². The zero-order valence-corrected chi connectivity index (χ0v) is 16.0. The number of hydrogen-bond donors (Lipinski definition) is 4. The van der Waals surface area contributed by atoms with Gasteiger partial charge in [0.05, 0.1) is 0 Å². The number of aliphatic hydroxyl groups is 1. The largest absolute Gasteiger partial charge is 0.378 e. The van der Waals surface area contributed by atoms with E-state index in [2.05, 4.69) is 20.8 Å². The summed E-state index contributed by atoms with van der Waals surface area (Å²) in [5, 5.41) is 21.7. The van der Waals surface area contributed by atoms with Crippen molar-refractivity contribution in [2.75, 3.05) is 5.32 Å². The van der Waals surface area contributed by atoms with Gasteiger partial charge in [0.1, 0.15) is 17.7 Å². The van der Waals surface area contributed by atoms with Gasteiger partial charge in [0.25, 0.3) is 5.91 Å². The fourth-order valence-corrected chi connectivity index (χ4v) is 2.81. The molecule has 1 heterocycles. The maximum Gasteiger partial charge on any atom is 0.254 e. The van der Waals surface area contributed by atoms with E-state index >= 15 is 0 Å². The van der Waals surface area contributed by atoms with Gasteiger partial charge >= 0.3 is 0 Å². The standard InChI is InChI=1S/C21H20F2N4O3/c1-12(24-21(30)19(28)14-8-15(22)10-16(23)9-14)20(29)25-18-11-17(26-27-18)7-13-5-3-2-4-6-13/h2-6,8-12,19,28H,7H2,1H3,(H,24,30)(H2,25,26,27,29)/t12-,19-/m0/s1. The van der Waals surface area contributed by atoms with E-state index in [9.17, 15) is 23.5 Å². The molecule has 30 heavy (non-hydrogen) atoms. The first-order valence-electron chi connectivity index (χ1n) is 9.15. The van der Waals surface area contributed by atoms with Gasteiger partial charge in [-0.3, -0.25) is 14.7 Å². The van der Waals surface area contributed by atoms with Crippen LogP contribution in [0.1, 0.15) is 29.8 Å². The number of rotatable bonds is 7. The number of hydrogen-bond acceptors (Lipinski definition) is 4. The number of carbonyl (C=O) groups is 2. The summed E-state index contributed by atoms with van der Waals surface area (Å²) in [6.07, 6.45) is -1.22.